The second-order valence-electron chi connectivity index (χ2n) is 4.18. The second kappa shape index (κ2) is 6.09. The molecule has 1 atom stereocenters. The van der Waals surface area contributed by atoms with E-state index >= 15 is 0 Å². The summed E-state index contributed by atoms with van der Waals surface area (Å²) in [4.78, 5) is 10.5. The molecular formula is C14H9F3O3S. The fourth-order valence-electron chi connectivity index (χ4n) is 1.68. The van der Waals surface area contributed by atoms with Gasteiger partial charge in [-0.1, -0.05) is 0 Å². The molecule has 0 fully saturated rings. The molecule has 0 aliphatic heterocycles. The first-order valence-electron chi connectivity index (χ1n) is 5.73. The second-order valence-corrected chi connectivity index (χ2v) is 5.60. The number of benzene rings is 2. The molecule has 0 bridgehead atoms. The molecular weight excluding hydrogens is 305 g/mol. The maximum Gasteiger partial charge on any atom is 0.335 e. The van der Waals surface area contributed by atoms with Crippen LogP contribution in [0.1, 0.15) is 15.9 Å². The van der Waals surface area contributed by atoms with Crippen LogP contribution >= 0.6 is 0 Å². The Balaban J connectivity index is 2.34. The molecule has 0 aliphatic rings. The average molecular weight is 314 g/mol. The van der Waals surface area contributed by atoms with Gasteiger partial charge >= 0.3 is 5.97 Å². The topological polar surface area (TPSA) is 54.4 Å². The highest BCUT2D eigenvalue weighted by molar-refractivity contribution is 7.84. The molecule has 0 aliphatic carbocycles. The van der Waals surface area contributed by atoms with E-state index in [2.05, 4.69) is 0 Å². The Morgan fingerprint density at radius 1 is 1.05 bits per heavy atom. The minimum absolute atomic E-state index is 0.173. The lowest BCUT2D eigenvalue weighted by molar-refractivity contribution is 0.0696. The number of carboxylic acids is 1. The van der Waals surface area contributed by atoms with Crippen molar-refractivity contribution in [3.63, 3.8) is 0 Å². The summed E-state index contributed by atoms with van der Waals surface area (Å²) in [7, 11) is -2.04. The lowest BCUT2D eigenvalue weighted by Crippen LogP contribution is -2.05. The van der Waals surface area contributed by atoms with Crippen LogP contribution in [0.3, 0.4) is 0 Å². The molecule has 0 spiro atoms. The monoisotopic (exact) mass is 314 g/mol. The molecule has 0 heterocycles. The van der Waals surface area contributed by atoms with Crippen molar-refractivity contribution in [2.24, 2.45) is 0 Å². The van der Waals surface area contributed by atoms with Crippen molar-refractivity contribution in [2.45, 2.75) is 10.6 Å². The number of carboxylic acid groups (broad SMARTS) is 1. The maximum absolute atomic E-state index is 13.6. The highest BCUT2D eigenvalue weighted by Crippen LogP contribution is 2.20. The van der Waals surface area contributed by atoms with Crippen LogP contribution in [0.2, 0.25) is 0 Å². The van der Waals surface area contributed by atoms with E-state index in [9.17, 15) is 22.2 Å². The zero-order valence-corrected chi connectivity index (χ0v) is 11.3. The third kappa shape index (κ3) is 3.49. The van der Waals surface area contributed by atoms with Gasteiger partial charge in [-0.15, -0.1) is 0 Å². The van der Waals surface area contributed by atoms with Crippen LogP contribution in [0.5, 0.6) is 0 Å². The van der Waals surface area contributed by atoms with Crippen molar-refractivity contribution in [3.05, 3.63) is 65.0 Å². The van der Waals surface area contributed by atoms with Crippen molar-refractivity contribution in [2.75, 3.05) is 0 Å². The molecule has 2 rings (SSSR count). The molecule has 1 N–H and O–H groups in total. The Labute approximate surface area is 120 Å². The Kier molecular flexibility index (Phi) is 4.42. The normalized spacial score (nSPS) is 12.1. The van der Waals surface area contributed by atoms with Crippen molar-refractivity contribution >= 4 is 16.8 Å². The zero-order valence-electron chi connectivity index (χ0n) is 10.5. The number of halogens is 3. The lowest BCUT2D eigenvalue weighted by atomic mass is 10.2. The first kappa shape index (κ1) is 15.2. The van der Waals surface area contributed by atoms with Crippen LogP contribution in [0.15, 0.2) is 41.3 Å². The minimum Gasteiger partial charge on any atom is -0.478 e. The Hall–Kier alpha value is -2.15. The lowest BCUT2D eigenvalue weighted by Gasteiger charge is -2.06. The van der Waals surface area contributed by atoms with Gasteiger partial charge in [-0.2, -0.15) is 0 Å². The zero-order chi connectivity index (χ0) is 15.6. The summed E-state index contributed by atoms with van der Waals surface area (Å²) in [6, 6.07) is 5.48. The van der Waals surface area contributed by atoms with Crippen LogP contribution in [-0.4, -0.2) is 15.3 Å². The average Bonchev–Trinajstić information content (AvgIpc) is 2.43. The summed E-state index contributed by atoms with van der Waals surface area (Å²) in [6.07, 6.45) is 0. The van der Waals surface area contributed by atoms with E-state index in [1.807, 2.05) is 0 Å². The Morgan fingerprint density at radius 3 is 2.38 bits per heavy atom. The van der Waals surface area contributed by atoms with Gasteiger partial charge in [-0.3, -0.25) is 4.21 Å². The van der Waals surface area contributed by atoms with Crippen LogP contribution < -0.4 is 0 Å². The van der Waals surface area contributed by atoms with E-state index in [1.165, 1.54) is 0 Å². The molecule has 2 aromatic rings. The van der Waals surface area contributed by atoms with Crippen LogP contribution in [-0.2, 0) is 16.6 Å². The van der Waals surface area contributed by atoms with Gasteiger partial charge in [0.15, 0.2) is 0 Å². The van der Waals surface area contributed by atoms with Gasteiger partial charge < -0.3 is 5.11 Å². The molecule has 1 unspecified atom stereocenters. The van der Waals surface area contributed by atoms with Gasteiger partial charge in [0.1, 0.15) is 17.5 Å². The summed E-state index contributed by atoms with van der Waals surface area (Å²) in [5.41, 5.74) is -0.409. The van der Waals surface area contributed by atoms with Gasteiger partial charge in [-0.25, -0.2) is 18.0 Å². The predicted octanol–water partition coefficient (Wildman–Crippen LogP) is 3.11. The standard InChI is InChI=1S/C14H9F3O3S/c15-10-2-4-11(16)9(5-10)7-21(20)13-6-8(14(18)19)1-3-12(13)17/h1-6H,7H2,(H,18,19). The summed E-state index contributed by atoms with van der Waals surface area (Å²) in [5, 5.41) is 8.82. The Bertz CT molecular complexity index is 731. The molecule has 0 saturated carbocycles. The predicted molar refractivity (Wildman–Crippen MR) is 69.8 cm³/mol. The molecule has 0 saturated heterocycles. The van der Waals surface area contributed by atoms with Crippen molar-refractivity contribution in [3.8, 4) is 0 Å². The van der Waals surface area contributed by atoms with Gasteiger partial charge in [-0.05, 0) is 36.4 Å². The van der Waals surface area contributed by atoms with Crippen molar-refractivity contribution < 1.29 is 27.3 Å². The van der Waals surface area contributed by atoms with Crippen LogP contribution in [0, 0.1) is 17.5 Å². The van der Waals surface area contributed by atoms with E-state index in [-0.39, 0.29) is 16.0 Å². The van der Waals surface area contributed by atoms with Crippen LogP contribution in [0.25, 0.3) is 0 Å². The quantitative estimate of drug-likeness (QED) is 0.943. The van der Waals surface area contributed by atoms with E-state index in [1.54, 1.807) is 0 Å². The van der Waals surface area contributed by atoms with E-state index in [4.69, 9.17) is 5.11 Å². The van der Waals surface area contributed by atoms with E-state index < -0.39 is 40.0 Å². The number of aromatic carboxylic acids is 1. The first-order chi connectivity index (χ1) is 9.88. The molecule has 21 heavy (non-hydrogen) atoms. The first-order valence-corrected chi connectivity index (χ1v) is 7.05. The smallest absolute Gasteiger partial charge is 0.335 e. The number of hydrogen-bond acceptors (Lipinski definition) is 2. The molecule has 0 amide bonds. The fraction of sp³-hybridized carbons (Fsp3) is 0.0714. The fourth-order valence-corrected chi connectivity index (χ4v) is 2.89. The highest BCUT2D eigenvalue weighted by atomic mass is 32.2. The minimum atomic E-state index is -2.04. The number of rotatable bonds is 4. The van der Waals surface area contributed by atoms with Crippen LogP contribution in [0.4, 0.5) is 13.2 Å². The van der Waals surface area contributed by atoms with Gasteiger partial charge in [0, 0.05) is 5.56 Å². The molecule has 2 aromatic carbocycles. The van der Waals surface area contributed by atoms with Gasteiger partial charge in [0.2, 0.25) is 0 Å². The third-order valence-electron chi connectivity index (χ3n) is 2.72. The molecule has 110 valence electrons. The van der Waals surface area contributed by atoms with E-state index in [0.717, 1.165) is 36.4 Å². The van der Waals surface area contributed by atoms with Gasteiger partial charge in [0.05, 0.1) is 27.0 Å². The molecule has 3 nitrogen and oxygen atoms in total. The molecule has 0 radical (unpaired) electrons. The summed E-state index contributed by atoms with van der Waals surface area (Å²) in [6.45, 7) is 0. The van der Waals surface area contributed by atoms with Crippen molar-refractivity contribution in [1.29, 1.82) is 0 Å². The van der Waals surface area contributed by atoms with E-state index in [0.29, 0.717) is 0 Å². The maximum atomic E-state index is 13.6. The molecule has 7 heteroatoms. The number of carbonyl (C=O) groups is 1. The summed E-state index contributed by atoms with van der Waals surface area (Å²) < 4.78 is 52.2. The van der Waals surface area contributed by atoms with Crippen molar-refractivity contribution in [1.82, 2.24) is 0 Å². The molecule has 0 aromatic heterocycles. The largest absolute Gasteiger partial charge is 0.478 e. The SMILES string of the molecule is O=C(O)c1ccc(F)c(S(=O)Cc2cc(F)ccc2F)c1. The van der Waals surface area contributed by atoms with Gasteiger partial charge in [0.25, 0.3) is 0 Å². The number of hydrogen-bond donors (Lipinski definition) is 1. The highest BCUT2D eigenvalue weighted by Gasteiger charge is 2.16. The summed E-state index contributed by atoms with van der Waals surface area (Å²) >= 11 is 0. The third-order valence-corrected chi connectivity index (χ3v) is 4.09. The Morgan fingerprint density at radius 2 is 1.71 bits per heavy atom. The summed E-state index contributed by atoms with van der Waals surface area (Å²) in [5.74, 6) is -4.09.